The van der Waals surface area contributed by atoms with Gasteiger partial charge in [-0.3, -0.25) is 4.79 Å². The second-order valence-electron chi connectivity index (χ2n) is 3.22. The number of carbonyl (C=O) groups excluding carboxylic acids is 1. The molecule has 1 unspecified atom stereocenters. The first-order valence-electron chi connectivity index (χ1n) is 4.92. The molecule has 1 fully saturated rings. The molecule has 1 atom stereocenters. The van der Waals surface area contributed by atoms with Crippen LogP contribution in [0.2, 0.25) is 0 Å². The molecule has 1 amide bonds. The second kappa shape index (κ2) is 7.43. The molecule has 0 aromatic carbocycles. The van der Waals surface area contributed by atoms with Crippen molar-refractivity contribution in [2.75, 3.05) is 36.6 Å². The predicted molar refractivity (Wildman–Crippen MR) is 65.1 cm³/mol. The van der Waals surface area contributed by atoms with Crippen molar-refractivity contribution >= 4 is 29.4 Å². The lowest BCUT2D eigenvalue weighted by atomic mass is 10.3. The van der Waals surface area contributed by atoms with Gasteiger partial charge in [-0.15, -0.1) is 0 Å². The predicted octanol–water partition coefficient (Wildman–Crippen LogP) is 0.561. The Morgan fingerprint density at radius 2 is 2.57 bits per heavy atom. The SMILES string of the molecule is CSCCCNC(=O)C1CSCCN1. The van der Waals surface area contributed by atoms with Crippen LogP contribution in [-0.4, -0.2) is 48.6 Å². The summed E-state index contributed by atoms with van der Waals surface area (Å²) in [6.07, 6.45) is 3.15. The molecule has 2 N–H and O–H groups in total. The minimum atomic E-state index is 0.0306. The van der Waals surface area contributed by atoms with Crippen molar-refractivity contribution in [3.05, 3.63) is 0 Å². The number of hydrogen-bond acceptors (Lipinski definition) is 4. The van der Waals surface area contributed by atoms with E-state index >= 15 is 0 Å². The summed E-state index contributed by atoms with van der Waals surface area (Å²) >= 11 is 3.67. The molecule has 1 aliphatic rings. The molecule has 0 saturated carbocycles. The van der Waals surface area contributed by atoms with Gasteiger partial charge in [0, 0.05) is 24.6 Å². The van der Waals surface area contributed by atoms with Gasteiger partial charge >= 0.3 is 0 Å². The Morgan fingerprint density at radius 1 is 1.71 bits per heavy atom. The van der Waals surface area contributed by atoms with E-state index < -0.39 is 0 Å². The lowest BCUT2D eigenvalue weighted by Gasteiger charge is -2.22. The molecule has 0 aromatic rings. The molecule has 5 heteroatoms. The normalized spacial score (nSPS) is 21.9. The molecular weight excluding hydrogens is 216 g/mol. The zero-order valence-corrected chi connectivity index (χ0v) is 10.2. The van der Waals surface area contributed by atoms with Crippen LogP contribution in [0.5, 0.6) is 0 Å². The molecule has 82 valence electrons. The van der Waals surface area contributed by atoms with Gasteiger partial charge in [0.05, 0.1) is 6.04 Å². The Morgan fingerprint density at radius 3 is 3.21 bits per heavy atom. The summed E-state index contributed by atoms with van der Waals surface area (Å²) in [7, 11) is 0. The van der Waals surface area contributed by atoms with Crippen molar-refractivity contribution in [2.24, 2.45) is 0 Å². The highest BCUT2D eigenvalue weighted by atomic mass is 32.2. The standard InChI is InChI=1S/C9H18N2OS2/c1-13-5-2-3-11-9(12)8-7-14-6-4-10-8/h8,10H,2-7H2,1H3,(H,11,12). The van der Waals surface area contributed by atoms with Crippen molar-refractivity contribution < 1.29 is 4.79 Å². The minimum Gasteiger partial charge on any atom is -0.355 e. The number of rotatable bonds is 5. The van der Waals surface area contributed by atoms with Crippen molar-refractivity contribution in [1.29, 1.82) is 0 Å². The highest BCUT2D eigenvalue weighted by molar-refractivity contribution is 7.99. The van der Waals surface area contributed by atoms with E-state index in [2.05, 4.69) is 16.9 Å². The molecule has 1 saturated heterocycles. The largest absolute Gasteiger partial charge is 0.355 e. The number of amides is 1. The van der Waals surface area contributed by atoms with E-state index in [9.17, 15) is 4.79 Å². The lowest BCUT2D eigenvalue weighted by Crippen LogP contribution is -2.49. The fraction of sp³-hybridized carbons (Fsp3) is 0.889. The van der Waals surface area contributed by atoms with E-state index in [1.165, 1.54) is 0 Å². The molecule has 3 nitrogen and oxygen atoms in total. The molecule has 0 spiro atoms. The van der Waals surface area contributed by atoms with Crippen LogP contribution in [-0.2, 0) is 4.79 Å². The van der Waals surface area contributed by atoms with Crippen LogP contribution in [0.25, 0.3) is 0 Å². The smallest absolute Gasteiger partial charge is 0.237 e. The van der Waals surface area contributed by atoms with Crippen molar-refractivity contribution in [1.82, 2.24) is 10.6 Å². The number of nitrogens with one attached hydrogen (secondary N) is 2. The molecule has 0 bridgehead atoms. The van der Waals surface area contributed by atoms with Gasteiger partial charge in [-0.2, -0.15) is 23.5 Å². The van der Waals surface area contributed by atoms with Crippen LogP contribution in [0, 0.1) is 0 Å². The van der Waals surface area contributed by atoms with Gasteiger partial charge in [0.2, 0.25) is 5.91 Å². The highest BCUT2D eigenvalue weighted by Gasteiger charge is 2.19. The first kappa shape index (κ1) is 12.2. The van der Waals surface area contributed by atoms with E-state index in [1.54, 1.807) is 0 Å². The van der Waals surface area contributed by atoms with Crippen LogP contribution < -0.4 is 10.6 Å². The number of carbonyl (C=O) groups is 1. The Balaban J connectivity index is 2.07. The van der Waals surface area contributed by atoms with Gasteiger partial charge in [0.25, 0.3) is 0 Å². The van der Waals surface area contributed by atoms with E-state index in [4.69, 9.17) is 0 Å². The zero-order valence-electron chi connectivity index (χ0n) is 8.54. The molecule has 1 heterocycles. The van der Waals surface area contributed by atoms with Gasteiger partial charge < -0.3 is 10.6 Å². The topological polar surface area (TPSA) is 41.1 Å². The molecule has 0 radical (unpaired) electrons. The highest BCUT2D eigenvalue weighted by Crippen LogP contribution is 2.07. The summed E-state index contributed by atoms with van der Waals surface area (Å²) in [4.78, 5) is 11.6. The summed E-state index contributed by atoms with van der Waals surface area (Å²) in [6.45, 7) is 1.76. The average molecular weight is 234 g/mol. The molecule has 14 heavy (non-hydrogen) atoms. The fourth-order valence-electron chi connectivity index (χ4n) is 1.29. The van der Waals surface area contributed by atoms with Crippen molar-refractivity contribution in [3.63, 3.8) is 0 Å². The van der Waals surface area contributed by atoms with Crippen molar-refractivity contribution in [3.8, 4) is 0 Å². The third-order valence-corrected chi connectivity index (χ3v) is 3.82. The van der Waals surface area contributed by atoms with Crippen LogP contribution >= 0.6 is 23.5 Å². The summed E-state index contributed by atoms with van der Waals surface area (Å²) in [5, 5.41) is 6.18. The van der Waals surface area contributed by atoms with Gasteiger partial charge in [-0.1, -0.05) is 0 Å². The molecule has 1 rings (SSSR count). The maximum atomic E-state index is 11.6. The summed E-state index contributed by atoms with van der Waals surface area (Å²) in [5.41, 5.74) is 0. The van der Waals surface area contributed by atoms with Crippen LogP contribution in [0.3, 0.4) is 0 Å². The van der Waals surface area contributed by atoms with Crippen molar-refractivity contribution in [2.45, 2.75) is 12.5 Å². The summed E-state index contributed by atoms with van der Waals surface area (Å²) in [6, 6.07) is 0.0306. The average Bonchev–Trinajstić information content (AvgIpc) is 2.25. The number of hydrogen-bond donors (Lipinski definition) is 2. The second-order valence-corrected chi connectivity index (χ2v) is 5.35. The van der Waals surface area contributed by atoms with Gasteiger partial charge in [-0.25, -0.2) is 0 Å². The third kappa shape index (κ3) is 4.57. The minimum absolute atomic E-state index is 0.0306. The Kier molecular flexibility index (Phi) is 6.47. The Bertz CT molecular complexity index is 172. The molecule has 0 aromatic heterocycles. The Labute approximate surface area is 94.2 Å². The van der Waals surface area contributed by atoms with E-state index in [0.29, 0.717) is 0 Å². The molecule has 1 aliphatic heterocycles. The van der Waals surface area contributed by atoms with E-state index in [1.807, 2.05) is 23.5 Å². The summed E-state index contributed by atoms with van der Waals surface area (Å²) < 4.78 is 0. The number of thioether (sulfide) groups is 2. The molecule has 0 aliphatic carbocycles. The van der Waals surface area contributed by atoms with Gasteiger partial charge in [0.1, 0.15) is 0 Å². The maximum absolute atomic E-state index is 11.6. The van der Waals surface area contributed by atoms with E-state index in [0.717, 1.165) is 36.8 Å². The zero-order chi connectivity index (χ0) is 10.2. The molecular formula is C9H18N2OS2. The Hall–Kier alpha value is 0.130. The third-order valence-electron chi connectivity index (χ3n) is 2.06. The first-order chi connectivity index (χ1) is 6.84. The fourth-order valence-corrected chi connectivity index (χ4v) is 2.65. The van der Waals surface area contributed by atoms with Crippen LogP contribution in [0.4, 0.5) is 0 Å². The maximum Gasteiger partial charge on any atom is 0.237 e. The summed E-state index contributed by atoms with van der Waals surface area (Å²) in [5.74, 6) is 3.32. The van der Waals surface area contributed by atoms with Gasteiger partial charge in [-0.05, 0) is 18.4 Å². The van der Waals surface area contributed by atoms with Crippen LogP contribution in [0.15, 0.2) is 0 Å². The monoisotopic (exact) mass is 234 g/mol. The van der Waals surface area contributed by atoms with Crippen LogP contribution in [0.1, 0.15) is 6.42 Å². The lowest BCUT2D eigenvalue weighted by molar-refractivity contribution is -0.122. The first-order valence-corrected chi connectivity index (χ1v) is 7.47. The van der Waals surface area contributed by atoms with Gasteiger partial charge in [0.15, 0.2) is 0 Å². The van der Waals surface area contributed by atoms with E-state index in [-0.39, 0.29) is 11.9 Å². The quantitative estimate of drug-likeness (QED) is 0.682.